The van der Waals surface area contributed by atoms with Crippen molar-refractivity contribution in [2.24, 2.45) is 10.9 Å². The van der Waals surface area contributed by atoms with E-state index in [2.05, 4.69) is 30.3 Å². The fraction of sp³-hybridized carbons (Fsp3) is 0.700. The standard InChI is InChI=1S/C10H16N2O/c1-8(2)12-5-4-10(6-12)9(3)11-7-13/h8,10H,3-6H2,1-2H3. The summed E-state index contributed by atoms with van der Waals surface area (Å²) in [5.41, 5.74) is 0.679. The first-order valence-corrected chi connectivity index (χ1v) is 4.66. The van der Waals surface area contributed by atoms with E-state index in [1.54, 1.807) is 6.08 Å². The molecule has 1 heterocycles. The van der Waals surface area contributed by atoms with Crippen LogP contribution in [0.25, 0.3) is 0 Å². The average Bonchev–Trinajstić information content (AvgIpc) is 2.52. The van der Waals surface area contributed by atoms with E-state index in [1.165, 1.54) is 0 Å². The Hall–Kier alpha value is -0.920. The summed E-state index contributed by atoms with van der Waals surface area (Å²) in [4.78, 5) is 16.0. The molecule has 0 aliphatic carbocycles. The summed E-state index contributed by atoms with van der Waals surface area (Å²) in [6.45, 7) is 10.2. The number of rotatable bonds is 3. The third-order valence-electron chi connectivity index (χ3n) is 2.61. The van der Waals surface area contributed by atoms with Gasteiger partial charge >= 0.3 is 0 Å². The molecule has 0 aromatic heterocycles. The predicted octanol–water partition coefficient (Wildman–Crippen LogP) is 1.57. The van der Waals surface area contributed by atoms with Gasteiger partial charge in [0.05, 0.1) is 5.70 Å². The Balaban J connectivity index is 2.49. The topological polar surface area (TPSA) is 32.7 Å². The van der Waals surface area contributed by atoms with Gasteiger partial charge in [-0.1, -0.05) is 6.58 Å². The molecule has 0 bridgehead atoms. The van der Waals surface area contributed by atoms with Gasteiger partial charge in [-0.3, -0.25) is 0 Å². The zero-order valence-electron chi connectivity index (χ0n) is 8.29. The maximum absolute atomic E-state index is 10.0. The molecule has 0 amide bonds. The van der Waals surface area contributed by atoms with Gasteiger partial charge in [0.25, 0.3) is 0 Å². The lowest BCUT2D eigenvalue weighted by molar-refractivity contribution is 0.269. The van der Waals surface area contributed by atoms with Crippen molar-refractivity contribution in [3.05, 3.63) is 12.3 Å². The molecule has 1 rings (SSSR count). The fourth-order valence-corrected chi connectivity index (χ4v) is 1.68. The Bertz CT molecular complexity index is 241. The van der Waals surface area contributed by atoms with Crippen LogP contribution < -0.4 is 0 Å². The maximum atomic E-state index is 10.0. The van der Waals surface area contributed by atoms with Crippen LogP contribution in [0.2, 0.25) is 0 Å². The first-order valence-electron chi connectivity index (χ1n) is 4.66. The van der Waals surface area contributed by atoms with E-state index >= 15 is 0 Å². The lowest BCUT2D eigenvalue weighted by Gasteiger charge is -2.19. The number of isocyanates is 1. The molecule has 0 aromatic rings. The number of hydrogen-bond acceptors (Lipinski definition) is 3. The van der Waals surface area contributed by atoms with Gasteiger partial charge in [0, 0.05) is 18.5 Å². The molecule has 1 unspecified atom stereocenters. The van der Waals surface area contributed by atoms with Crippen LogP contribution in [0.3, 0.4) is 0 Å². The SMILES string of the molecule is C=C(N=C=O)C1CCN(C(C)C)C1. The van der Waals surface area contributed by atoms with Gasteiger partial charge in [0.1, 0.15) is 0 Å². The third kappa shape index (κ3) is 2.51. The molecule has 1 aliphatic heterocycles. The minimum absolute atomic E-state index is 0.351. The summed E-state index contributed by atoms with van der Waals surface area (Å²) in [7, 11) is 0. The van der Waals surface area contributed by atoms with Crippen LogP contribution in [0.5, 0.6) is 0 Å². The van der Waals surface area contributed by atoms with Crippen molar-refractivity contribution in [3.8, 4) is 0 Å². The highest BCUT2D eigenvalue weighted by Gasteiger charge is 2.25. The van der Waals surface area contributed by atoms with Crippen LogP contribution in [0.1, 0.15) is 20.3 Å². The smallest absolute Gasteiger partial charge is 0.240 e. The van der Waals surface area contributed by atoms with Gasteiger partial charge in [-0.2, -0.15) is 4.99 Å². The molecule has 1 atom stereocenters. The molecule has 0 aromatic carbocycles. The van der Waals surface area contributed by atoms with Crippen LogP contribution in [-0.4, -0.2) is 30.1 Å². The molecule has 13 heavy (non-hydrogen) atoms. The van der Waals surface area contributed by atoms with E-state index in [0.29, 0.717) is 17.7 Å². The highest BCUT2D eigenvalue weighted by atomic mass is 16.1. The van der Waals surface area contributed by atoms with Crippen molar-refractivity contribution in [2.75, 3.05) is 13.1 Å². The van der Waals surface area contributed by atoms with E-state index in [1.807, 2.05) is 0 Å². The molecule has 3 heteroatoms. The number of carbonyl (C=O) groups excluding carboxylic acids is 1. The van der Waals surface area contributed by atoms with Crippen LogP contribution in [0.15, 0.2) is 17.3 Å². The normalized spacial score (nSPS) is 23.2. The van der Waals surface area contributed by atoms with Crippen LogP contribution in [0, 0.1) is 5.92 Å². The van der Waals surface area contributed by atoms with E-state index in [-0.39, 0.29) is 0 Å². The zero-order valence-corrected chi connectivity index (χ0v) is 8.29. The summed E-state index contributed by atoms with van der Waals surface area (Å²) >= 11 is 0. The van der Waals surface area contributed by atoms with Gasteiger partial charge in [0.2, 0.25) is 6.08 Å². The number of nitrogens with zero attached hydrogens (tertiary/aromatic N) is 2. The lowest BCUT2D eigenvalue weighted by atomic mass is 10.1. The van der Waals surface area contributed by atoms with Crippen LogP contribution in [-0.2, 0) is 4.79 Å². The second-order valence-corrected chi connectivity index (χ2v) is 3.77. The van der Waals surface area contributed by atoms with Crippen LogP contribution in [0.4, 0.5) is 0 Å². The largest absolute Gasteiger partial charge is 0.300 e. The van der Waals surface area contributed by atoms with Crippen molar-refractivity contribution in [1.82, 2.24) is 4.90 Å². The van der Waals surface area contributed by atoms with Gasteiger partial charge in [0.15, 0.2) is 0 Å². The summed E-state index contributed by atoms with van der Waals surface area (Å²) < 4.78 is 0. The lowest BCUT2D eigenvalue weighted by Crippen LogP contribution is -2.28. The molecular weight excluding hydrogens is 164 g/mol. The van der Waals surface area contributed by atoms with E-state index in [9.17, 15) is 4.79 Å². The van der Waals surface area contributed by atoms with Gasteiger partial charge in [-0.15, -0.1) is 0 Å². The Kier molecular flexibility index (Phi) is 3.40. The van der Waals surface area contributed by atoms with Gasteiger partial charge < -0.3 is 4.90 Å². The minimum atomic E-state index is 0.351. The quantitative estimate of drug-likeness (QED) is 0.488. The van der Waals surface area contributed by atoms with Gasteiger partial charge in [-0.25, -0.2) is 4.79 Å². The third-order valence-corrected chi connectivity index (χ3v) is 2.61. The molecule has 0 radical (unpaired) electrons. The molecule has 1 saturated heterocycles. The van der Waals surface area contributed by atoms with Crippen molar-refractivity contribution in [2.45, 2.75) is 26.3 Å². The first-order chi connectivity index (χ1) is 6.15. The summed E-state index contributed by atoms with van der Waals surface area (Å²) in [6, 6.07) is 0.568. The van der Waals surface area contributed by atoms with Crippen molar-refractivity contribution in [3.63, 3.8) is 0 Å². The second kappa shape index (κ2) is 4.35. The summed E-state index contributed by atoms with van der Waals surface area (Å²) in [6.07, 6.45) is 2.60. The predicted molar refractivity (Wildman–Crippen MR) is 52.1 cm³/mol. The maximum Gasteiger partial charge on any atom is 0.240 e. The molecular formula is C10H16N2O. The van der Waals surface area contributed by atoms with E-state index in [0.717, 1.165) is 19.5 Å². The Morgan fingerprint density at radius 2 is 2.38 bits per heavy atom. The van der Waals surface area contributed by atoms with Gasteiger partial charge in [-0.05, 0) is 26.8 Å². The Morgan fingerprint density at radius 3 is 2.85 bits per heavy atom. The minimum Gasteiger partial charge on any atom is -0.300 e. The zero-order chi connectivity index (χ0) is 9.84. The molecule has 0 N–H and O–H groups in total. The molecule has 72 valence electrons. The number of aliphatic imine (C=N–C) groups is 1. The molecule has 0 saturated carbocycles. The highest BCUT2D eigenvalue weighted by molar-refractivity contribution is 5.36. The molecule has 1 aliphatic rings. The monoisotopic (exact) mass is 180 g/mol. The number of hydrogen-bond donors (Lipinski definition) is 0. The number of likely N-dealkylation sites (tertiary alicyclic amines) is 1. The Labute approximate surface area is 79.1 Å². The molecule has 3 nitrogen and oxygen atoms in total. The van der Waals surface area contributed by atoms with E-state index < -0.39 is 0 Å². The average molecular weight is 180 g/mol. The molecule has 1 fully saturated rings. The first kappa shape index (κ1) is 10.2. The highest BCUT2D eigenvalue weighted by Crippen LogP contribution is 2.24. The summed E-state index contributed by atoms with van der Waals surface area (Å²) in [5.74, 6) is 0.351. The van der Waals surface area contributed by atoms with Crippen LogP contribution >= 0.6 is 0 Å². The molecule has 0 spiro atoms. The summed E-state index contributed by atoms with van der Waals surface area (Å²) in [5, 5.41) is 0. The van der Waals surface area contributed by atoms with Crippen molar-refractivity contribution < 1.29 is 4.79 Å². The van der Waals surface area contributed by atoms with Crippen molar-refractivity contribution >= 4 is 6.08 Å². The van der Waals surface area contributed by atoms with Crippen molar-refractivity contribution in [1.29, 1.82) is 0 Å². The fourth-order valence-electron chi connectivity index (χ4n) is 1.68. The van der Waals surface area contributed by atoms with E-state index in [4.69, 9.17) is 0 Å². The Morgan fingerprint density at radius 1 is 1.69 bits per heavy atom. The second-order valence-electron chi connectivity index (χ2n) is 3.77.